The first-order valence-corrected chi connectivity index (χ1v) is 6.36. The molecule has 0 unspecified atom stereocenters. The Kier molecular flexibility index (Phi) is 3.82. The van der Waals surface area contributed by atoms with Gasteiger partial charge in [-0.05, 0) is 25.7 Å². The third kappa shape index (κ3) is 2.96. The standard InChI is InChI=1S/C12H24N2/c13-10-8-12(9-10)14-11-6-4-2-1-3-5-7-11/h10-12,14H,1-9,13H2. The third-order valence-corrected chi connectivity index (χ3v) is 3.75. The summed E-state index contributed by atoms with van der Waals surface area (Å²) >= 11 is 0. The minimum Gasteiger partial charge on any atom is -0.328 e. The summed E-state index contributed by atoms with van der Waals surface area (Å²) in [5.41, 5.74) is 5.79. The van der Waals surface area contributed by atoms with E-state index in [4.69, 9.17) is 5.73 Å². The van der Waals surface area contributed by atoms with E-state index in [1.54, 1.807) is 0 Å². The van der Waals surface area contributed by atoms with Gasteiger partial charge < -0.3 is 11.1 Å². The average Bonchev–Trinajstić information content (AvgIpc) is 2.06. The van der Waals surface area contributed by atoms with Gasteiger partial charge in [0.25, 0.3) is 0 Å². The summed E-state index contributed by atoms with van der Waals surface area (Å²) in [6, 6.07) is 2.03. The van der Waals surface area contributed by atoms with Crippen molar-refractivity contribution in [1.82, 2.24) is 5.32 Å². The van der Waals surface area contributed by atoms with Crippen molar-refractivity contribution in [3.63, 3.8) is 0 Å². The second-order valence-electron chi connectivity index (χ2n) is 5.14. The summed E-state index contributed by atoms with van der Waals surface area (Å²) < 4.78 is 0. The van der Waals surface area contributed by atoms with E-state index >= 15 is 0 Å². The van der Waals surface area contributed by atoms with E-state index in [2.05, 4.69) is 5.32 Å². The van der Waals surface area contributed by atoms with E-state index < -0.39 is 0 Å². The molecule has 2 aliphatic rings. The summed E-state index contributed by atoms with van der Waals surface area (Å²) in [6.45, 7) is 0. The van der Waals surface area contributed by atoms with E-state index in [-0.39, 0.29) is 0 Å². The highest BCUT2D eigenvalue weighted by Crippen LogP contribution is 2.22. The molecule has 0 heterocycles. The number of rotatable bonds is 2. The molecule has 2 fully saturated rings. The first-order valence-electron chi connectivity index (χ1n) is 6.36. The molecular weight excluding hydrogens is 172 g/mol. The third-order valence-electron chi connectivity index (χ3n) is 3.75. The largest absolute Gasteiger partial charge is 0.328 e. The summed E-state index contributed by atoms with van der Waals surface area (Å²) in [7, 11) is 0. The zero-order chi connectivity index (χ0) is 9.80. The minimum absolute atomic E-state index is 0.487. The van der Waals surface area contributed by atoms with Crippen LogP contribution >= 0.6 is 0 Å². The van der Waals surface area contributed by atoms with Gasteiger partial charge in [0.1, 0.15) is 0 Å². The van der Waals surface area contributed by atoms with Crippen molar-refractivity contribution in [2.45, 2.75) is 75.9 Å². The fourth-order valence-electron chi connectivity index (χ4n) is 2.75. The molecule has 0 saturated heterocycles. The van der Waals surface area contributed by atoms with Crippen LogP contribution in [0.3, 0.4) is 0 Å². The van der Waals surface area contributed by atoms with Crippen molar-refractivity contribution in [3.05, 3.63) is 0 Å². The number of hydrogen-bond donors (Lipinski definition) is 2. The van der Waals surface area contributed by atoms with Gasteiger partial charge in [-0.25, -0.2) is 0 Å². The van der Waals surface area contributed by atoms with Crippen LogP contribution in [0.15, 0.2) is 0 Å². The molecule has 0 atom stereocenters. The van der Waals surface area contributed by atoms with Crippen molar-refractivity contribution < 1.29 is 0 Å². The maximum absolute atomic E-state index is 5.79. The van der Waals surface area contributed by atoms with Crippen molar-refractivity contribution in [1.29, 1.82) is 0 Å². The molecule has 0 amide bonds. The number of nitrogens with one attached hydrogen (secondary N) is 1. The van der Waals surface area contributed by atoms with Crippen LogP contribution < -0.4 is 11.1 Å². The van der Waals surface area contributed by atoms with Gasteiger partial charge >= 0.3 is 0 Å². The topological polar surface area (TPSA) is 38.0 Å². The van der Waals surface area contributed by atoms with Crippen molar-refractivity contribution in [2.24, 2.45) is 5.73 Å². The van der Waals surface area contributed by atoms with Crippen LogP contribution in [0.1, 0.15) is 57.8 Å². The summed E-state index contributed by atoms with van der Waals surface area (Å²) in [5, 5.41) is 3.77. The number of hydrogen-bond acceptors (Lipinski definition) is 2. The fourth-order valence-corrected chi connectivity index (χ4v) is 2.75. The van der Waals surface area contributed by atoms with Crippen molar-refractivity contribution >= 4 is 0 Å². The highest BCUT2D eigenvalue weighted by Gasteiger charge is 2.27. The zero-order valence-corrected chi connectivity index (χ0v) is 9.17. The lowest BCUT2D eigenvalue weighted by molar-refractivity contribution is 0.246. The average molecular weight is 196 g/mol. The Morgan fingerprint density at radius 1 is 0.786 bits per heavy atom. The van der Waals surface area contributed by atoms with Gasteiger partial charge in [-0.3, -0.25) is 0 Å². The van der Waals surface area contributed by atoms with Crippen LogP contribution in [0, 0.1) is 0 Å². The van der Waals surface area contributed by atoms with E-state index in [1.807, 2.05) is 0 Å². The molecule has 2 aliphatic carbocycles. The zero-order valence-electron chi connectivity index (χ0n) is 9.17. The highest BCUT2D eigenvalue weighted by molar-refractivity contribution is 4.89. The molecule has 14 heavy (non-hydrogen) atoms. The highest BCUT2D eigenvalue weighted by atomic mass is 15.0. The van der Waals surface area contributed by atoms with Crippen LogP contribution in [0.25, 0.3) is 0 Å². The molecule has 0 bridgehead atoms. The van der Waals surface area contributed by atoms with Crippen LogP contribution in [-0.4, -0.2) is 18.1 Å². The molecular formula is C12H24N2. The molecule has 0 spiro atoms. The predicted molar refractivity (Wildman–Crippen MR) is 60.2 cm³/mol. The van der Waals surface area contributed by atoms with Crippen LogP contribution in [0.4, 0.5) is 0 Å². The van der Waals surface area contributed by atoms with E-state index in [1.165, 1.54) is 57.8 Å². The molecule has 0 aromatic rings. The second-order valence-corrected chi connectivity index (χ2v) is 5.14. The molecule has 2 saturated carbocycles. The number of nitrogens with two attached hydrogens (primary N) is 1. The van der Waals surface area contributed by atoms with Crippen molar-refractivity contribution in [2.75, 3.05) is 0 Å². The molecule has 82 valence electrons. The Bertz CT molecular complexity index is 156. The lowest BCUT2D eigenvalue weighted by Gasteiger charge is -2.36. The summed E-state index contributed by atoms with van der Waals surface area (Å²) in [6.07, 6.45) is 12.4. The smallest absolute Gasteiger partial charge is 0.00991 e. The van der Waals surface area contributed by atoms with Crippen LogP contribution in [0.5, 0.6) is 0 Å². The molecule has 2 heteroatoms. The van der Waals surface area contributed by atoms with Gasteiger partial charge in [-0.2, -0.15) is 0 Å². The Morgan fingerprint density at radius 2 is 1.36 bits per heavy atom. The Labute approximate surface area is 87.6 Å². The first-order chi connectivity index (χ1) is 6.84. The Morgan fingerprint density at radius 3 is 1.93 bits per heavy atom. The molecule has 0 aliphatic heterocycles. The minimum atomic E-state index is 0.487. The monoisotopic (exact) mass is 196 g/mol. The normalized spacial score (nSPS) is 35.8. The van der Waals surface area contributed by atoms with Gasteiger partial charge in [0.2, 0.25) is 0 Å². The van der Waals surface area contributed by atoms with Crippen LogP contribution in [-0.2, 0) is 0 Å². The van der Waals surface area contributed by atoms with Gasteiger partial charge in [-0.1, -0.05) is 32.1 Å². The SMILES string of the molecule is NC1CC(NC2CCCCCCC2)C1. The summed E-state index contributed by atoms with van der Waals surface area (Å²) in [5.74, 6) is 0. The Balaban J connectivity index is 1.67. The quantitative estimate of drug-likeness (QED) is 0.710. The fraction of sp³-hybridized carbons (Fsp3) is 1.00. The maximum Gasteiger partial charge on any atom is 0.00991 e. The molecule has 2 rings (SSSR count). The predicted octanol–water partition coefficient (Wildman–Crippen LogP) is 2.18. The van der Waals surface area contributed by atoms with Gasteiger partial charge in [-0.15, -0.1) is 0 Å². The van der Waals surface area contributed by atoms with Gasteiger partial charge in [0.15, 0.2) is 0 Å². The van der Waals surface area contributed by atoms with Gasteiger partial charge in [0.05, 0.1) is 0 Å². The molecule has 0 aromatic carbocycles. The van der Waals surface area contributed by atoms with Crippen LogP contribution in [0.2, 0.25) is 0 Å². The summed E-state index contributed by atoms with van der Waals surface area (Å²) in [4.78, 5) is 0. The van der Waals surface area contributed by atoms with Gasteiger partial charge in [0, 0.05) is 18.1 Å². The first kappa shape index (κ1) is 10.4. The molecule has 0 radical (unpaired) electrons. The second kappa shape index (κ2) is 5.13. The lowest BCUT2D eigenvalue weighted by atomic mass is 9.86. The lowest BCUT2D eigenvalue weighted by Crippen LogP contribution is -2.51. The van der Waals surface area contributed by atoms with E-state index in [9.17, 15) is 0 Å². The molecule has 2 nitrogen and oxygen atoms in total. The molecule has 0 aromatic heterocycles. The van der Waals surface area contributed by atoms with E-state index in [0.29, 0.717) is 6.04 Å². The van der Waals surface area contributed by atoms with E-state index in [0.717, 1.165) is 12.1 Å². The molecule has 3 N–H and O–H groups in total. The Hall–Kier alpha value is -0.0800. The maximum atomic E-state index is 5.79. The van der Waals surface area contributed by atoms with Crippen molar-refractivity contribution in [3.8, 4) is 0 Å².